The molecule has 38 heavy (non-hydrogen) atoms. The third kappa shape index (κ3) is 4.80. The predicted molar refractivity (Wildman–Crippen MR) is 152 cm³/mol. The molecule has 6 rings (SSSR count). The Hall–Kier alpha value is -4.02. The summed E-state index contributed by atoms with van der Waals surface area (Å²) in [5.41, 5.74) is 6.25. The highest BCUT2D eigenvalue weighted by atomic mass is 16.1. The van der Waals surface area contributed by atoms with Gasteiger partial charge in [0, 0.05) is 47.3 Å². The smallest absolute Gasteiger partial charge is 0.252 e. The summed E-state index contributed by atoms with van der Waals surface area (Å²) < 4.78 is 0. The first kappa shape index (κ1) is 24.3. The van der Waals surface area contributed by atoms with Gasteiger partial charge in [-0.2, -0.15) is 0 Å². The summed E-state index contributed by atoms with van der Waals surface area (Å²) >= 11 is 0. The number of fused-ring (bicyclic) bond motifs is 3. The van der Waals surface area contributed by atoms with E-state index in [-0.39, 0.29) is 17.7 Å². The molecule has 0 atom stereocenters. The Balaban J connectivity index is 1.08. The molecule has 1 amide bonds. The van der Waals surface area contributed by atoms with Crippen molar-refractivity contribution < 1.29 is 9.59 Å². The molecule has 0 unspecified atom stereocenters. The summed E-state index contributed by atoms with van der Waals surface area (Å²) in [6, 6.07) is 34.7. The van der Waals surface area contributed by atoms with Gasteiger partial charge in [-0.3, -0.25) is 9.59 Å². The number of benzene rings is 4. The molecule has 0 aromatic heterocycles. The van der Waals surface area contributed by atoms with Crippen molar-refractivity contribution in [3.8, 4) is 11.1 Å². The fourth-order valence-corrected chi connectivity index (χ4v) is 6.04. The van der Waals surface area contributed by atoms with Gasteiger partial charge >= 0.3 is 0 Å². The van der Waals surface area contributed by atoms with Crippen molar-refractivity contribution in [3.05, 3.63) is 131 Å². The molecule has 1 aliphatic heterocycles. The van der Waals surface area contributed by atoms with E-state index in [2.05, 4.69) is 70.9 Å². The minimum atomic E-state index is -0.0852. The Bertz CT molecular complexity index is 1400. The van der Waals surface area contributed by atoms with E-state index >= 15 is 0 Å². The summed E-state index contributed by atoms with van der Waals surface area (Å²) in [4.78, 5) is 28.7. The minimum absolute atomic E-state index is 0.00266. The number of rotatable bonds is 7. The lowest BCUT2D eigenvalue weighted by atomic mass is 9.88. The molecule has 0 saturated carbocycles. The molecule has 4 heteroatoms. The van der Waals surface area contributed by atoms with Gasteiger partial charge in [0.1, 0.15) is 0 Å². The maximum Gasteiger partial charge on any atom is 0.252 e. The maximum absolute atomic E-state index is 13.4. The van der Waals surface area contributed by atoms with E-state index in [1.807, 2.05) is 42.5 Å². The molecule has 0 bridgehead atoms. The number of ketones is 1. The Labute approximate surface area is 224 Å². The molecular formula is C34H32N2O2. The molecule has 2 aliphatic rings. The summed E-state index contributed by atoms with van der Waals surface area (Å²) in [7, 11) is 0. The molecule has 4 aromatic rings. The minimum Gasteiger partial charge on any atom is -0.349 e. The third-order valence-corrected chi connectivity index (χ3v) is 8.06. The second-order valence-electron chi connectivity index (χ2n) is 10.4. The molecule has 1 N–H and O–H groups in total. The van der Waals surface area contributed by atoms with E-state index in [0.29, 0.717) is 22.6 Å². The van der Waals surface area contributed by atoms with Crippen LogP contribution >= 0.6 is 0 Å². The highest BCUT2D eigenvalue weighted by Gasteiger charge is 2.31. The van der Waals surface area contributed by atoms with Gasteiger partial charge in [-0.15, -0.1) is 0 Å². The first-order chi connectivity index (χ1) is 18.7. The zero-order valence-corrected chi connectivity index (χ0v) is 21.5. The first-order valence-electron chi connectivity index (χ1n) is 13.6. The molecular weight excluding hydrogens is 468 g/mol. The van der Waals surface area contributed by atoms with Crippen LogP contribution in [0.25, 0.3) is 11.1 Å². The number of carbonyl (C=O) groups excluding carboxylic acids is 2. The van der Waals surface area contributed by atoms with Gasteiger partial charge in [0.2, 0.25) is 0 Å². The number of amides is 1. The van der Waals surface area contributed by atoms with Crippen LogP contribution in [0.4, 0.5) is 0 Å². The molecule has 1 aliphatic carbocycles. The number of carbonyl (C=O) groups is 2. The van der Waals surface area contributed by atoms with E-state index in [1.54, 1.807) is 0 Å². The average Bonchev–Trinajstić information content (AvgIpc) is 3.27. The molecule has 1 heterocycles. The summed E-state index contributed by atoms with van der Waals surface area (Å²) in [5, 5.41) is 3.27. The third-order valence-electron chi connectivity index (χ3n) is 8.06. The Morgan fingerprint density at radius 2 is 1.32 bits per heavy atom. The largest absolute Gasteiger partial charge is 0.349 e. The molecule has 0 spiro atoms. The Morgan fingerprint density at radius 1 is 0.737 bits per heavy atom. The number of nitrogens with zero attached hydrogens (tertiary/aromatic N) is 1. The number of hydrogen-bond donors (Lipinski definition) is 1. The molecule has 0 radical (unpaired) electrons. The average molecular weight is 501 g/mol. The SMILES string of the molecule is O=C(NC1CCN(CCC(c2ccccc2)c2ccccc2)CC1)c1cccc2c1-c1ccccc1C2=O. The number of piperidine rings is 1. The number of nitrogens with one attached hydrogen (secondary N) is 1. The van der Waals surface area contributed by atoms with Gasteiger partial charge < -0.3 is 10.2 Å². The molecule has 4 aromatic carbocycles. The van der Waals surface area contributed by atoms with Crippen molar-refractivity contribution in [2.45, 2.75) is 31.2 Å². The van der Waals surface area contributed by atoms with Crippen molar-refractivity contribution in [1.82, 2.24) is 10.2 Å². The van der Waals surface area contributed by atoms with Crippen LogP contribution in [0.2, 0.25) is 0 Å². The van der Waals surface area contributed by atoms with E-state index in [9.17, 15) is 9.59 Å². The lowest BCUT2D eigenvalue weighted by molar-refractivity contribution is 0.0911. The highest BCUT2D eigenvalue weighted by molar-refractivity contribution is 6.24. The Kier molecular flexibility index (Phi) is 6.89. The van der Waals surface area contributed by atoms with Crippen molar-refractivity contribution in [1.29, 1.82) is 0 Å². The number of likely N-dealkylation sites (tertiary alicyclic amines) is 1. The zero-order valence-electron chi connectivity index (χ0n) is 21.5. The maximum atomic E-state index is 13.4. The van der Waals surface area contributed by atoms with Crippen LogP contribution < -0.4 is 5.32 Å². The lowest BCUT2D eigenvalue weighted by Crippen LogP contribution is -2.45. The van der Waals surface area contributed by atoms with Gasteiger partial charge in [0.15, 0.2) is 5.78 Å². The summed E-state index contributed by atoms with van der Waals surface area (Å²) in [6.07, 6.45) is 2.92. The van der Waals surface area contributed by atoms with Crippen LogP contribution in [0.1, 0.15) is 62.6 Å². The zero-order chi connectivity index (χ0) is 25.9. The monoisotopic (exact) mass is 500 g/mol. The topological polar surface area (TPSA) is 49.4 Å². The fourth-order valence-electron chi connectivity index (χ4n) is 6.04. The van der Waals surface area contributed by atoms with Crippen LogP contribution in [-0.4, -0.2) is 42.3 Å². The highest BCUT2D eigenvalue weighted by Crippen LogP contribution is 2.39. The fraction of sp³-hybridized carbons (Fsp3) is 0.235. The molecule has 190 valence electrons. The van der Waals surface area contributed by atoms with Crippen molar-refractivity contribution >= 4 is 11.7 Å². The summed E-state index contributed by atoms with van der Waals surface area (Å²) in [5.74, 6) is 0.293. The predicted octanol–water partition coefficient (Wildman–Crippen LogP) is 6.31. The molecule has 1 saturated heterocycles. The van der Waals surface area contributed by atoms with Crippen LogP contribution in [-0.2, 0) is 0 Å². The van der Waals surface area contributed by atoms with Crippen LogP contribution in [0.5, 0.6) is 0 Å². The second kappa shape index (κ2) is 10.8. The molecule has 1 fully saturated rings. The Morgan fingerprint density at radius 3 is 1.97 bits per heavy atom. The lowest BCUT2D eigenvalue weighted by Gasteiger charge is -2.33. The van der Waals surface area contributed by atoms with Crippen LogP contribution in [0, 0.1) is 0 Å². The van der Waals surface area contributed by atoms with E-state index < -0.39 is 0 Å². The van der Waals surface area contributed by atoms with Gasteiger partial charge in [0.25, 0.3) is 5.91 Å². The van der Waals surface area contributed by atoms with E-state index in [4.69, 9.17) is 0 Å². The van der Waals surface area contributed by atoms with Crippen molar-refractivity contribution in [2.24, 2.45) is 0 Å². The van der Waals surface area contributed by atoms with Gasteiger partial charge in [0.05, 0.1) is 0 Å². The second-order valence-corrected chi connectivity index (χ2v) is 10.4. The number of hydrogen-bond acceptors (Lipinski definition) is 3. The first-order valence-corrected chi connectivity index (χ1v) is 13.6. The van der Waals surface area contributed by atoms with Gasteiger partial charge in [-0.1, -0.05) is 97.1 Å². The summed E-state index contributed by atoms with van der Waals surface area (Å²) in [6.45, 7) is 2.96. The quantitative estimate of drug-likeness (QED) is 0.285. The standard InChI is InChI=1S/C34H32N2O2/c37-33-29-15-8-7-14-28(29)32-30(33)16-9-17-31(32)34(38)35-26-18-21-36(22-19-26)23-20-27(24-10-3-1-4-11-24)25-12-5-2-6-13-25/h1-17,26-27H,18-23H2,(H,35,38). The van der Waals surface area contributed by atoms with E-state index in [0.717, 1.165) is 50.0 Å². The van der Waals surface area contributed by atoms with Gasteiger partial charge in [-0.05, 0) is 48.6 Å². The van der Waals surface area contributed by atoms with Crippen molar-refractivity contribution in [3.63, 3.8) is 0 Å². The van der Waals surface area contributed by atoms with Gasteiger partial charge in [-0.25, -0.2) is 0 Å². The van der Waals surface area contributed by atoms with Crippen molar-refractivity contribution in [2.75, 3.05) is 19.6 Å². The molecule has 4 nitrogen and oxygen atoms in total. The van der Waals surface area contributed by atoms with Crippen LogP contribution in [0.15, 0.2) is 103 Å². The van der Waals surface area contributed by atoms with Crippen LogP contribution in [0.3, 0.4) is 0 Å². The van der Waals surface area contributed by atoms with E-state index in [1.165, 1.54) is 11.1 Å². The normalized spacial score (nSPS) is 15.3.